The van der Waals surface area contributed by atoms with Crippen LogP contribution in [0.1, 0.15) is 49.7 Å². The van der Waals surface area contributed by atoms with Gasteiger partial charge < -0.3 is 5.11 Å². The molecule has 2 aliphatic carbocycles. The minimum Gasteiger partial charge on any atom is -0.390 e. The summed E-state index contributed by atoms with van der Waals surface area (Å²) in [5.74, 6) is 0.541. The minimum atomic E-state index is -0.297. The van der Waals surface area contributed by atoms with Crippen LogP contribution in [0.2, 0.25) is 0 Å². The SMILES string of the molecule is OC1(C2CCC(N(Cc3ccccc3)Cc3ccccc3)CC2)CC1. The van der Waals surface area contributed by atoms with Crippen LogP contribution in [0.4, 0.5) is 0 Å². The van der Waals surface area contributed by atoms with E-state index < -0.39 is 0 Å². The van der Waals surface area contributed by atoms with Crippen LogP contribution in [0.15, 0.2) is 60.7 Å². The molecule has 132 valence electrons. The summed E-state index contributed by atoms with van der Waals surface area (Å²) in [4.78, 5) is 2.65. The number of hydrogen-bond acceptors (Lipinski definition) is 2. The van der Waals surface area contributed by atoms with Crippen molar-refractivity contribution in [3.63, 3.8) is 0 Å². The molecular formula is C23H29NO. The summed E-state index contributed by atoms with van der Waals surface area (Å²) in [6.45, 7) is 2.02. The van der Waals surface area contributed by atoms with E-state index >= 15 is 0 Å². The molecule has 0 unspecified atom stereocenters. The topological polar surface area (TPSA) is 23.5 Å². The van der Waals surface area contributed by atoms with Gasteiger partial charge in [0.2, 0.25) is 0 Å². The maximum Gasteiger partial charge on any atom is 0.0678 e. The van der Waals surface area contributed by atoms with Gasteiger partial charge in [-0.1, -0.05) is 60.7 Å². The van der Waals surface area contributed by atoms with Crippen molar-refractivity contribution < 1.29 is 5.11 Å². The highest BCUT2D eigenvalue weighted by atomic mass is 16.3. The monoisotopic (exact) mass is 335 g/mol. The van der Waals surface area contributed by atoms with Crippen molar-refractivity contribution in [2.45, 2.75) is 63.3 Å². The number of benzene rings is 2. The number of rotatable bonds is 6. The first-order valence-electron chi connectivity index (χ1n) is 9.77. The molecule has 1 N–H and O–H groups in total. The summed E-state index contributed by atoms with van der Waals surface area (Å²) in [6, 6.07) is 22.3. The zero-order valence-corrected chi connectivity index (χ0v) is 15.0. The summed E-state index contributed by atoms with van der Waals surface area (Å²) in [5, 5.41) is 10.4. The Morgan fingerprint density at radius 1 is 0.760 bits per heavy atom. The van der Waals surface area contributed by atoms with Gasteiger partial charge in [0.15, 0.2) is 0 Å². The van der Waals surface area contributed by atoms with E-state index in [1.54, 1.807) is 0 Å². The third-order valence-corrected chi connectivity index (χ3v) is 6.19. The molecule has 2 aromatic carbocycles. The fraction of sp³-hybridized carbons (Fsp3) is 0.478. The molecule has 2 aliphatic rings. The molecule has 0 aliphatic heterocycles. The molecule has 4 rings (SSSR count). The van der Waals surface area contributed by atoms with Gasteiger partial charge in [0.05, 0.1) is 5.60 Å². The van der Waals surface area contributed by atoms with Gasteiger partial charge in [0, 0.05) is 19.1 Å². The van der Waals surface area contributed by atoms with Crippen molar-refractivity contribution in [2.75, 3.05) is 0 Å². The predicted octanol–water partition coefficient (Wildman–Crippen LogP) is 4.77. The fourth-order valence-electron chi connectivity index (χ4n) is 4.46. The van der Waals surface area contributed by atoms with Crippen molar-refractivity contribution in [3.05, 3.63) is 71.8 Å². The van der Waals surface area contributed by atoms with Crippen molar-refractivity contribution >= 4 is 0 Å². The van der Waals surface area contributed by atoms with E-state index in [1.165, 1.54) is 36.8 Å². The maximum absolute atomic E-state index is 10.4. The lowest BCUT2D eigenvalue weighted by Crippen LogP contribution is -2.39. The molecule has 0 heterocycles. The van der Waals surface area contributed by atoms with E-state index in [0.29, 0.717) is 12.0 Å². The first kappa shape index (κ1) is 16.8. The molecule has 2 fully saturated rings. The molecule has 0 radical (unpaired) electrons. The smallest absolute Gasteiger partial charge is 0.0678 e. The van der Waals surface area contributed by atoms with Gasteiger partial charge >= 0.3 is 0 Å². The second-order valence-electron chi connectivity index (χ2n) is 7.99. The lowest BCUT2D eigenvalue weighted by molar-refractivity contribution is 0.0338. The summed E-state index contributed by atoms with van der Waals surface area (Å²) in [6.07, 6.45) is 6.85. The van der Waals surface area contributed by atoms with E-state index in [2.05, 4.69) is 65.6 Å². The third kappa shape index (κ3) is 4.13. The Morgan fingerprint density at radius 2 is 1.24 bits per heavy atom. The Balaban J connectivity index is 1.45. The number of aliphatic hydroxyl groups is 1. The Morgan fingerprint density at radius 3 is 1.68 bits per heavy atom. The first-order chi connectivity index (χ1) is 12.2. The lowest BCUT2D eigenvalue weighted by atomic mass is 9.80. The summed E-state index contributed by atoms with van der Waals surface area (Å²) >= 11 is 0. The highest BCUT2D eigenvalue weighted by Gasteiger charge is 2.48. The molecule has 0 saturated heterocycles. The van der Waals surface area contributed by atoms with Crippen LogP contribution < -0.4 is 0 Å². The van der Waals surface area contributed by atoms with Gasteiger partial charge in [-0.25, -0.2) is 0 Å². The molecule has 0 bridgehead atoms. The van der Waals surface area contributed by atoms with Gasteiger partial charge in [-0.2, -0.15) is 0 Å². The van der Waals surface area contributed by atoms with Gasteiger partial charge in [-0.05, 0) is 55.6 Å². The molecule has 0 atom stereocenters. The molecule has 0 spiro atoms. The molecule has 2 saturated carbocycles. The standard InChI is InChI=1S/C23H29NO/c25-23(15-16-23)21-11-13-22(14-12-21)24(17-19-7-3-1-4-8-19)18-20-9-5-2-6-10-20/h1-10,21-22,25H,11-18H2. The Bertz CT molecular complexity index is 616. The van der Waals surface area contributed by atoms with Crippen LogP contribution in [0.5, 0.6) is 0 Å². The van der Waals surface area contributed by atoms with Crippen LogP contribution in [0.3, 0.4) is 0 Å². The molecule has 25 heavy (non-hydrogen) atoms. The summed E-state index contributed by atoms with van der Waals surface area (Å²) < 4.78 is 0. The quantitative estimate of drug-likeness (QED) is 0.822. The van der Waals surface area contributed by atoms with Gasteiger partial charge in [-0.3, -0.25) is 4.90 Å². The van der Waals surface area contributed by atoms with Gasteiger partial charge in [0.25, 0.3) is 0 Å². The Hall–Kier alpha value is -1.64. The number of hydrogen-bond donors (Lipinski definition) is 1. The van der Waals surface area contributed by atoms with E-state index in [-0.39, 0.29) is 5.60 Å². The van der Waals surface area contributed by atoms with E-state index in [4.69, 9.17) is 0 Å². The molecule has 2 heteroatoms. The number of nitrogens with zero attached hydrogens (tertiary/aromatic N) is 1. The summed E-state index contributed by atoms with van der Waals surface area (Å²) in [5.41, 5.74) is 2.48. The largest absolute Gasteiger partial charge is 0.390 e. The fourth-order valence-corrected chi connectivity index (χ4v) is 4.46. The minimum absolute atomic E-state index is 0.297. The highest BCUT2D eigenvalue weighted by molar-refractivity contribution is 5.17. The highest BCUT2D eigenvalue weighted by Crippen LogP contribution is 2.48. The van der Waals surface area contributed by atoms with Gasteiger partial charge in [0.1, 0.15) is 0 Å². The van der Waals surface area contributed by atoms with E-state index in [9.17, 15) is 5.11 Å². The van der Waals surface area contributed by atoms with Crippen LogP contribution in [0.25, 0.3) is 0 Å². The average Bonchev–Trinajstić information content (AvgIpc) is 3.42. The second-order valence-corrected chi connectivity index (χ2v) is 7.99. The zero-order valence-electron chi connectivity index (χ0n) is 15.0. The Kier molecular flexibility index (Phi) is 4.91. The van der Waals surface area contributed by atoms with Crippen molar-refractivity contribution in [1.82, 2.24) is 4.90 Å². The summed E-state index contributed by atoms with van der Waals surface area (Å²) in [7, 11) is 0. The first-order valence-corrected chi connectivity index (χ1v) is 9.77. The predicted molar refractivity (Wildman–Crippen MR) is 102 cm³/mol. The Labute approximate surface area is 151 Å². The molecule has 0 aromatic heterocycles. The van der Waals surface area contributed by atoms with Crippen molar-refractivity contribution in [2.24, 2.45) is 5.92 Å². The van der Waals surface area contributed by atoms with Crippen molar-refractivity contribution in [1.29, 1.82) is 0 Å². The lowest BCUT2D eigenvalue weighted by Gasteiger charge is -2.38. The molecule has 2 nitrogen and oxygen atoms in total. The van der Waals surface area contributed by atoms with Crippen molar-refractivity contribution in [3.8, 4) is 0 Å². The van der Waals surface area contributed by atoms with Gasteiger partial charge in [-0.15, -0.1) is 0 Å². The van der Waals surface area contributed by atoms with Crippen LogP contribution in [-0.4, -0.2) is 21.6 Å². The average molecular weight is 335 g/mol. The molecule has 2 aromatic rings. The third-order valence-electron chi connectivity index (χ3n) is 6.19. The van der Waals surface area contributed by atoms with Crippen LogP contribution in [-0.2, 0) is 13.1 Å². The second kappa shape index (κ2) is 7.31. The zero-order chi connectivity index (χ0) is 17.1. The van der Waals surface area contributed by atoms with E-state index in [1.807, 2.05) is 0 Å². The normalized spacial score (nSPS) is 25.0. The molecule has 0 amide bonds. The van der Waals surface area contributed by atoms with E-state index in [0.717, 1.165) is 25.9 Å². The van der Waals surface area contributed by atoms with Crippen LogP contribution in [0, 0.1) is 5.92 Å². The maximum atomic E-state index is 10.4. The molecular weight excluding hydrogens is 306 g/mol. The van der Waals surface area contributed by atoms with Crippen LogP contribution >= 0.6 is 0 Å².